The minimum absolute atomic E-state index is 0.125. The molecule has 1 heterocycles. The second-order valence-corrected chi connectivity index (χ2v) is 6.84. The Hall–Kier alpha value is -3.86. The molecule has 150 valence electrons. The van der Waals surface area contributed by atoms with Crippen LogP contribution in [0, 0.1) is 0 Å². The molecule has 1 aliphatic rings. The molecule has 0 radical (unpaired) electrons. The van der Waals surface area contributed by atoms with Crippen LogP contribution in [-0.4, -0.2) is 30.9 Å². The number of hydrogen-bond acceptors (Lipinski definition) is 4. The van der Waals surface area contributed by atoms with E-state index in [1.165, 1.54) is 0 Å². The van der Waals surface area contributed by atoms with E-state index in [1.807, 2.05) is 78.9 Å². The molecule has 0 saturated carbocycles. The summed E-state index contributed by atoms with van der Waals surface area (Å²) in [6, 6.07) is 25.0. The van der Waals surface area contributed by atoms with Crippen LogP contribution < -0.4 is 9.47 Å². The average Bonchev–Trinajstić information content (AvgIpc) is 3.10. The molecular formula is C25H22N2O3. The van der Waals surface area contributed by atoms with Gasteiger partial charge in [0.25, 0.3) is 5.91 Å². The van der Waals surface area contributed by atoms with E-state index in [4.69, 9.17) is 14.5 Å². The van der Waals surface area contributed by atoms with Crippen molar-refractivity contribution in [1.82, 2.24) is 4.90 Å². The Morgan fingerprint density at radius 1 is 0.833 bits per heavy atom. The van der Waals surface area contributed by atoms with Gasteiger partial charge in [-0.05, 0) is 53.6 Å². The van der Waals surface area contributed by atoms with Crippen LogP contribution in [0.5, 0.6) is 11.5 Å². The summed E-state index contributed by atoms with van der Waals surface area (Å²) in [4.78, 5) is 19.6. The van der Waals surface area contributed by atoms with Crippen molar-refractivity contribution >= 4 is 17.8 Å². The van der Waals surface area contributed by atoms with Crippen molar-refractivity contribution in [2.45, 2.75) is 6.54 Å². The first-order valence-electron chi connectivity index (χ1n) is 9.62. The number of rotatable bonds is 6. The van der Waals surface area contributed by atoms with Gasteiger partial charge in [-0.25, -0.2) is 4.99 Å². The van der Waals surface area contributed by atoms with E-state index in [9.17, 15) is 4.79 Å². The summed E-state index contributed by atoms with van der Waals surface area (Å²) in [5, 5.41) is 0. The predicted molar refractivity (Wildman–Crippen MR) is 117 cm³/mol. The third-order valence-corrected chi connectivity index (χ3v) is 4.90. The minimum atomic E-state index is -0.125. The Morgan fingerprint density at radius 2 is 1.43 bits per heavy atom. The van der Waals surface area contributed by atoms with E-state index in [0.717, 1.165) is 28.2 Å². The second kappa shape index (κ2) is 8.66. The molecule has 30 heavy (non-hydrogen) atoms. The van der Waals surface area contributed by atoms with Gasteiger partial charge in [0.1, 0.15) is 23.0 Å². The van der Waals surface area contributed by atoms with Crippen LogP contribution >= 0.6 is 0 Å². The first kappa shape index (κ1) is 19.5. The Labute approximate surface area is 175 Å². The largest absolute Gasteiger partial charge is 0.497 e. The standard InChI is InChI=1S/C25H22N2O3/c1-29-21-12-8-18(9-13-21)16-23-25(28)27(17-19-6-4-3-5-7-19)24(26-23)20-10-14-22(30-2)15-11-20/h3-16H,17H2,1-2H3/b23-16-. The van der Waals surface area contributed by atoms with E-state index in [0.29, 0.717) is 18.1 Å². The zero-order chi connectivity index (χ0) is 20.9. The number of carbonyl (C=O) groups is 1. The maximum Gasteiger partial charge on any atom is 0.278 e. The zero-order valence-electron chi connectivity index (χ0n) is 16.9. The van der Waals surface area contributed by atoms with Gasteiger partial charge in [0.2, 0.25) is 0 Å². The number of carbonyl (C=O) groups excluding carboxylic acids is 1. The molecule has 1 amide bonds. The number of ether oxygens (including phenoxy) is 2. The van der Waals surface area contributed by atoms with Crippen molar-refractivity contribution in [3.05, 3.63) is 101 Å². The number of aliphatic imine (C=N–C) groups is 1. The molecule has 3 aromatic rings. The van der Waals surface area contributed by atoms with Gasteiger partial charge in [-0.1, -0.05) is 42.5 Å². The Morgan fingerprint density at radius 3 is 2.03 bits per heavy atom. The van der Waals surface area contributed by atoms with Crippen LogP contribution in [0.25, 0.3) is 6.08 Å². The number of hydrogen-bond donors (Lipinski definition) is 0. The molecule has 0 spiro atoms. The molecule has 3 aromatic carbocycles. The molecule has 0 unspecified atom stereocenters. The summed E-state index contributed by atoms with van der Waals surface area (Å²) in [5.41, 5.74) is 3.19. The normalized spacial score (nSPS) is 14.7. The lowest BCUT2D eigenvalue weighted by molar-refractivity contribution is -0.123. The summed E-state index contributed by atoms with van der Waals surface area (Å²) in [5.74, 6) is 2.03. The first-order valence-corrected chi connectivity index (χ1v) is 9.62. The lowest BCUT2D eigenvalue weighted by Crippen LogP contribution is -2.32. The van der Waals surface area contributed by atoms with Crippen molar-refractivity contribution in [1.29, 1.82) is 0 Å². The Bertz CT molecular complexity index is 1090. The minimum Gasteiger partial charge on any atom is -0.497 e. The van der Waals surface area contributed by atoms with Gasteiger partial charge in [0, 0.05) is 5.56 Å². The smallest absolute Gasteiger partial charge is 0.278 e. The molecule has 0 fully saturated rings. The summed E-state index contributed by atoms with van der Waals surface area (Å²) in [6.45, 7) is 0.449. The second-order valence-electron chi connectivity index (χ2n) is 6.84. The highest BCUT2D eigenvalue weighted by molar-refractivity contribution is 6.19. The van der Waals surface area contributed by atoms with E-state index < -0.39 is 0 Å². The third kappa shape index (κ3) is 4.10. The van der Waals surface area contributed by atoms with Gasteiger partial charge in [0.05, 0.1) is 20.8 Å². The van der Waals surface area contributed by atoms with E-state index in [-0.39, 0.29) is 5.91 Å². The van der Waals surface area contributed by atoms with Gasteiger partial charge in [-0.3, -0.25) is 9.69 Å². The fraction of sp³-hybridized carbons (Fsp3) is 0.120. The molecule has 0 N–H and O–H groups in total. The lowest BCUT2D eigenvalue weighted by Gasteiger charge is -2.18. The van der Waals surface area contributed by atoms with Gasteiger partial charge in [-0.15, -0.1) is 0 Å². The fourth-order valence-electron chi connectivity index (χ4n) is 3.28. The Kier molecular flexibility index (Phi) is 5.61. The highest BCUT2D eigenvalue weighted by Crippen LogP contribution is 2.25. The fourth-order valence-corrected chi connectivity index (χ4v) is 3.28. The van der Waals surface area contributed by atoms with Crippen LogP contribution in [0.4, 0.5) is 0 Å². The third-order valence-electron chi connectivity index (χ3n) is 4.90. The van der Waals surface area contributed by atoms with Crippen molar-refractivity contribution < 1.29 is 14.3 Å². The van der Waals surface area contributed by atoms with E-state index in [1.54, 1.807) is 25.2 Å². The topological polar surface area (TPSA) is 51.1 Å². The van der Waals surface area contributed by atoms with Crippen LogP contribution in [0.2, 0.25) is 0 Å². The number of benzene rings is 3. The molecule has 0 aromatic heterocycles. The number of amidine groups is 1. The van der Waals surface area contributed by atoms with Crippen LogP contribution in [-0.2, 0) is 11.3 Å². The summed E-state index contributed by atoms with van der Waals surface area (Å²) in [6.07, 6.45) is 1.80. The van der Waals surface area contributed by atoms with E-state index in [2.05, 4.69) is 0 Å². The molecule has 0 bridgehead atoms. The van der Waals surface area contributed by atoms with Crippen LogP contribution in [0.15, 0.2) is 89.6 Å². The molecular weight excluding hydrogens is 376 g/mol. The molecule has 1 aliphatic heterocycles. The highest BCUT2D eigenvalue weighted by Gasteiger charge is 2.31. The zero-order valence-corrected chi connectivity index (χ0v) is 16.9. The molecule has 5 heteroatoms. The predicted octanol–water partition coefficient (Wildman–Crippen LogP) is 4.53. The van der Waals surface area contributed by atoms with Crippen molar-refractivity contribution in [2.75, 3.05) is 14.2 Å². The van der Waals surface area contributed by atoms with Crippen LogP contribution in [0.1, 0.15) is 16.7 Å². The van der Waals surface area contributed by atoms with Crippen LogP contribution in [0.3, 0.4) is 0 Å². The van der Waals surface area contributed by atoms with Crippen molar-refractivity contribution in [3.63, 3.8) is 0 Å². The number of nitrogens with zero attached hydrogens (tertiary/aromatic N) is 2. The lowest BCUT2D eigenvalue weighted by atomic mass is 10.1. The summed E-state index contributed by atoms with van der Waals surface area (Å²) < 4.78 is 10.5. The molecule has 0 aliphatic carbocycles. The molecule has 0 saturated heterocycles. The van der Waals surface area contributed by atoms with Crippen molar-refractivity contribution in [3.8, 4) is 11.5 Å². The Balaban J connectivity index is 1.71. The monoisotopic (exact) mass is 398 g/mol. The quantitative estimate of drug-likeness (QED) is 0.573. The van der Waals surface area contributed by atoms with Gasteiger partial charge in [-0.2, -0.15) is 0 Å². The number of amides is 1. The first-order chi connectivity index (χ1) is 14.7. The maximum atomic E-state index is 13.2. The highest BCUT2D eigenvalue weighted by atomic mass is 16.5. The molecule has 0 atom stereocenters. The molecule has 5 nitrogen and oxygen atoms in total. The van der Waals surface area contributed by atoms with Gasteiger partial charge < -0.3 is 9.47 Å². The summed E-state index contributed by atoms with van der Waals surface area (Å²) >= 11 is 0. The van der Waals surface area contributed by atoms with Gasteiger partial charge in [0.15, 0.2) is 0 Å². The average molecular weight is 398 g/mol. The maximum absolute atomic E-state index is 13.2. The van der Waals surface area contributed by atoms with Gasteiger partial charge >= 0.3 is 0 Å². The molecule has 4 rings (SSSR count). The SMILES string of the molecule is COc1ccc(/C=C2\N=C(c3ccc(OC)cc3)N(Cc3ccccc3)C2=O)cc1. The van der Waals surface area contributed by atoms with E-state index >= 15 is 0 Å². The van der Waals surface area contributed by atoms with Crippen molar-refractivity contribution in [2.24, 2.45) is 4.99 Å². The summed E-state index contributed by atoms with van der Waals surface area (Å²) in [7, 11) is 3.25. The number of methoxy groups -OCH3 is 2.